The third kappa shape index (κ3) is 2.39. The molecule has 0 bridgehead atoms. The van der Waals surface area contributed by atoms with Gasteiger partial charge < -0.3 is 0 Å². The normalized spacial score (nSPS) is 14.7. The van der Waals surface area contributed by atoms with E-state index < -0.39 is 0 Å². The van der Waals surface area contributed by atoms with Crippen molar-refractivity contribution in [2.24, 2.45) is 5.92 Å². The molecular formula is C16H16OS. The number of rotatable bonds is 4. The number of Topliss-reactive ketones (excluding diaryl/α,β-unsaturated/α-hetero) is 1. The fourth-order valence-electron chi connectivity index (χ4n) is 2.69. The Kier molecular flexibility index (Phi) is 3.28. The maximum Gasteiger partial charge on any atom is 0.136 e. The van der Waals surface area contributed by atoms with Crippen LogP contribution in [0.5, 0.6) is 0 Å². The van der Waals surface area contributed by atoms with Crippen LogP contribution in [0.1, 0.15) is 23.1 Å². The van der Waals surface area contributed by atoms with Crippen LogP contribution in [0.3, 0.4) is 0 Å². The zero-order valence-corrected chi connectivity index (χ0v) is 11.1. The molecule has 1 heterocycles. The molecule has 0 saturated heterocycles. The van der Waals surface area contributed by atoms with E-state index in [1.807, 2.05) is 0 Å². The van der Waals surface area contributed by atoms with E-state index in [-0.39, 0.29) is 5.92 Å². The quantitative estimate of drug-likeness (QED) is 0.816. The highest BCUT2D eigenvalue weighted by molar-refractivity contribution is 7.07. The van der Waals surface area contributed by atoms with Crippen molar-refractivity contribution in [3.05, 3.63) is 57.8 Å². The Balaban J connectivity index is 1.59. The first-order valence-electron chi connectivity index (χ1n) is 6.43. The summed E-state index contributed by atoms with van der Waals surface area (Å²) >= 11 is 1.70. The Morgan fingerprint density at radius 1 is 1.17 bits per heavy atom. The van der Waals surface area contributed by atoms with Crippen LogP contribution in [0, 0.1) is 5.92 Å². The summed E-state index contributed by atoms with van der Waals surface area (Å²) in [5, 5.41) is 4.21. The van der Waals surface area contributed by atoms with E-state index in [1.165, 1.54) is 16.7 Å². The van der Waals surface area contributed by atoms with Crippen molar-refractivity contribution in [1.82, 2.24) is 0 Å². The molecule has 0 radical (unpaired) electrons. The van der Waals surface area contributed by atoms with Crippen molar-refractivity contribution in [3.8, 4) is 0 Å². The van der Waals surface area contributed by atoms with Crippen molar-refractivity contribution >= 4 is 17.1 Å². The van der Waals surface area contributed by atoms with Crippen LogP contribution in [0.25, 0.3) is 0 Å². The second kappa shape index (κ2) is 5.07. The Labute approximate surface area is 111 Å². The molecule has 0 spiro atoms. The molecule has 92 valence electrons. The first kappa shape index (κ1) is 11.7. The minimum atomic E-state index is 0.223. The number of thiophene rings is 1. The number of hydrogen-bond acceptors (Lipinski definition) is 2. The molecular weight excluding hydrogens is 240 g/mol. The van der Waals surface area contributed by atoms with Crippen LogP contribution < -0.4 is 0 Å². The highest BCUT2D eigenvalue weighted by atomic mass is 32.1. The van der Waals surface area contributed by atoms with Gasteiger partial charge in [0.25, 0.3) is 0 Å². The lowest BCUT2D eigenvalue weighted by Gasteiger charge is -2.06. The van der Waals surface area contributed by atoms with Gasteiger partial charge >= 0.3 is 0 Å². The number of fused-ring (bicyclic) bond motifs is 1. The predicted molar refractivity (Wildman–Crippen MR) is 75.0 cm³/mol. The van der Waals surface area contributed by atoms with Crippen molar-refractivity contribution in [2.75, 3.05) is 0 Å². The van der Waals surface area contributed by atoms with E-state index >= 15 is 0 Å². The monoisotopic (exact) mass is 256 g/mol. The fourth-order valence-corrected chi connectivity index (χ4v) is 3.40. The molecule has 0 fully saturated rings. The van der Waals surface area contributed by atoms with Gasteiger partial charge in [0.05, 0.1) is 0 Å². The van der Waals surface area contributed by atoms with Gasteiger partial charge in [-0.3, -0.25) is 4.79 Å². The topological polar surface area (TPSA) is 17.1 Å². The summed E-state index contributed by atoms with van der Waals surface area (Å²) in [6.07, 6.45) is 3.47. The standard InChI is InChI=1S/C16H16OS/c17-16(6-5-12-7-8-18-11-12)15-9-13-3-1-2-4-14(13)10-15/h1-4,7-8,11,15H,5-6,9-10H2. The molecule has 3 rings (SSSR count). The average molecular weight is 256 g/mol. The van der Waals surface area contributed by atoms with E-state index in [9.17, 15) is 4.79 Å². The molecule has 0 saturated carbocycles. The van der Waals surface area contributed by atoms with Crippen molar-refractivity contribution < 1.29 is 4.79 Å². The molecule has 1 aromatic carbocycles. The number of aryl methyl sites for hydroxylation is 1. The van der Waals surface area contributed by atoms with Crippen LogP contribution in [0.2, 0.25) is 0 Å². The summed E-state index contributed by atoms with van der Waals surface area (Å²) in [4.78, 5) is 12.2. The van der Waals surface area contributed by atoms with Crippen molar-refractivity contribution in [2.45, 2.75) is 25.7 Å². The molecule has 18 heavy (non-hydrogen) atoms. The molecule has 1 nitrogen and oxygen atoms in total. The lowest BCUT2D eigenvalue weighted by atomic mass is 9.96. The van der Waals surface area contributed by atoms with Crippen LogP contribution in [0.4, 0.5) is 0 Å². The summed E-state index contributed by atoms with van der Waals surface area (Å²) < 4.78 is 0. The molecule has 1 aromatic heterocycles. The minimum Gasteiger partial charge on any atom is -0.299 e. The first-order valence-corrected chi connectivity index (χ1v) is 7.38. The highest BCUT2D eigenvalue weighted by Crippen LogP contribution is 2.28. The molecule has 0 amide bonds. The van der Waals surface area contributed by atoms with Gasteiger partial charge in [-0.25, -0.2) is 0 Å². The van der Waals surface area contributed by atoms with E-state index in [0.29, 0.717) is 12.2 Å². The molecule has 1 aliphatic carbocycles. The van der Waals surface area contributed by atoms with Gasteiger partial charge in [-0.2, -0.15) is 11.3 Å². The van der Waals surface area contributed by atoms with Gasteiger partial charge in [-0.15, -0.1) is 0 Å². The second-order valence-corrected chi connectivity index (χ2v) is 5.75. The average Bonchev–Trinajstić information content (AvgIpc) is 3.04. The second-order valence-electron chi connectivity index (χ2n) is 4.97. The molecule has 0 aliphatic heterocycles. The van der Waals surface area contributed by atoms with Gasteiger partial charge in [-0.1, -0.05) is 24.3 Å². The first-order chi connectivity index (χ1) is 8.83. The third-order valence-corrected chi connectivity index (χ3v) is 4.48. The third-order valence-electron chi connectivity index (χ3n) is 3.75. The maximum atomic E-state index is 12.2. The summed E-state index contributed by atoms with van der Waals surface area (Å²) in [7, 11) is 0. The summed E-state index contributed by atoms with van der Waals surface area (Å²) in [5.41, 5.74) is 4.03. The molecule has 0 N–H and O–H groups in total. The summed E-state index contributed by atoms with van der Waals surface area (Å²) in [5.74, 6) is 0.651. The zero-order valence-electron chi connectivity index (χ0n) is 10.3. The highest BCUT2D eigenvalue weighted by Gasteiger charge is 2.26. The number of benzene rings is 1. The van der Waals surface area contributed by atoms with Gasteiger partial charge in [0, 0.05) is 12.3 Å². The van der Waals surface area contributed by atoms with E-state index in [2.05, 4.69) is 41.1 Å². The molecule has 2 aromatic rings. The van der Waals surface area contributed by atoms with Gasteiger partial charge in [0.1, 0.15) is 5.78 Å². The Hall–Kier alpha value is -1.41. The van der Waals surface area contributed by atoms with Gasteiger partial charge in [0.15, 0.2) is 0 Å². The smallest absolute Gasteiger partial charge is 0.136 e. The molecule has 0 atom stereocenters. The van der Waals surface area contributed by atoms with Gasteiger partial charge in [-0.05, 0) is 52.8 Å². The Morgan fingerprint density at radius 3 is 2.50 bits per heavy atom. The molecule has 0 unspecified atom stereocenters. The largest absolute Gasteiger partial charge is 0.299 e. The van der Waals surface area contributed by atoms with Crippen LogP contribution in [-0.4, -0.2) is 5.78 Å². The number of carbonyl (C=O) groups excluding carboxylic acids is 1. The lowest BCUT2D eigenvalue weighted by molar-refractivity contribution is -0.122. The van der Waals surface area contributed by atoms with E-state index in [0.717, 1.165) is 19.3 Å². The van der Waals surface area contributed by atoms with Crippen LogP contribution in [-0.2, 0) is 24.1 Å². The minimum absolute atomic E-state index is 0.223. The van der Waals surface area contributed by atoms with E-state index in [1.54, 1.807) is 11.3 Å². The predicted octanol–water partition coefficient (Wildman–Crippen LogP) is 3.66. The zero-order chi connectivity index (χ0) is 12.4. The van der Waals surface area contributed by atoms with Crippen LogP contribution >= 0.6 is 11.3 Å². The lowest BCUT2D eigenvalue weighted by Crippen LogP contribution is -2.15. The van der Waals surface area contributed by atoms with Gasteiger partial charge in [0.2, 0.25) is 0 Å². The molecule has 1 aliphatic rings. The number of hydrogen-bond donors (Lipinski definition) is 0. The number of carbonyl (C=O) groups is 1. The Morgan fingerprint density at radius 2 is 1.89 bits per heavy atom. The van der Waals surface area contributed by atoms with E-state index in [4.69, 9.17) is 0 Å². The molecule has 2 heteroatoms. The number of ketones is 1. The van der Waals surface area contributed by atoms with Crippen molar-refractivity contribution in [3.63, 3.8) is 0 Å². The van der Waals surface area contributed by atoms with Crippen molar-refractivity contribution in [1.29, 1.82) is 0 Å². The SMILES string of the molecule is O=C(CCc1ccsc1)C1Cc2ccccc2C1. The van der Waals surface area contributed by atoms with Crippen LogP contribution in [0.15, 0.2) is 41.1 Å². The summed E-state index contributed by atoms with van der Waals surface area (Å²) in [6.45, 7) is 0. The fraction of sp³-hybridized carbons (Fsp3) is 0.312. The maximum absolute atomic E-state index is 12.2. The summed E-state index contributed by atoms with van der Waals surface area (Å²) in [6, 6.07) is 10.6. The Bertz CT molecular complexity index is 517.